The first-order chi connectivity index (χ1) is 9.21. The van der Waals surface area contributed by atoms with Crippen molar-refractivity contribution in [2.45, 2.75) is 19.8 Å². The Morgan fingerprint density at radius 3 is 2.84 bits per heavy atom. The van der Waals surface area contributed by atoms with Gasteiger partial charge in [0.25, 0.3) is 0 Å². The molecule has 0 bridgehead atoms. The Balaban J connectivity index is 2.41. The van der Waals surface area contributed by atoms with E-state index in [2.05, 4.69) is 5.32 Å². The second-order valence-electron chi connectivity index (χ2n) is 3.93. The molecule has 0 radical (unpaired) electrons. The third-order valence-electron chi connectivity index (χ3n) is 2.52. The number of hydrogen-bond acceptors (Lipinski definition) is 4. The van der Waals surface area contributed by atoms with Crippen molar-refractivity contribution in [3.05, 3.63) is 23.8 Å². The minimum atomic E-state index is 0.0278. The number of aldehydes is 1. The normalized spacial score (nSPS) is 9.79. The van der Waals surface area contributed by atoms with Crippen molar-refractivity contribution >= 4 is 12.2 Å². The third-order valence-corrected chi connectivity index (χ3v) is 2.52. The van der Waals surface area contributed by atoms with Gasteiger partial charge in [0, 0.05) is 19.0 Å². The first-order valence-electron chi connectivity index (χ1n) is 6.24. The summed E-state index contributed by atoms with van der Waals surface area (Å²) in [5.74, 6) is 1.13. The van der Waals surface area contributed by atoms with Crippen molar-refractivity contribution in [1.29, 1.82) is 0 Å². The van der Waals surface area contributed by atoms with Crippen LogP contribution >= 0.6 is 0 Å². The number of nitrogens with one attached hydrogen (secondary N) is 1. The van der Waals surface area contributed by atoms with Gasteiger partial charge in [0.15, 0.2) is 6.29 Å². The van der Waals surface area contributed by atoms with Gasteiger partial charge in [-0.3, -0.25) is 9.59 Å². The fourth-order valence-electron chi connectivity index (χ4n) is 1.59. The van der Waals surface area contributed by atoms with Gasteiger partial charge in [-0.25, -0.2) is 0 Å². The lowest BCUT2D eigenvalue weighted by Gasteiger charge is -2.09. The maximum atomic E-state index is 11.2. The lowest BCUT2D eigenvalue weighted by Crippen LogP contribution is -2.22. The van der Waals surface area contributed by atoms with Crippen molar-refractivity contribution in [3.8, 4) is 11.5 Å². The zero-order valence-corrected chi connectivity index (χ0v) is 11.3. The number of rotatable bonds is 8. The Labute approximate surface area is 112 Å². The molecule has 19 heavy (non-hydrogen) atoms. The molecule has 0 aliphatic heterocycles. The van der Waals surface area contributed by atoms with E-state index in [1.807, 2.05) is 6.92 Å². The van der Waals surface area contributed by atoms with Crippen LogP contribution < -0.4 is 14.8 Å². The summed E-state index contributed by atoms with van der Waals surface area (Å²) in [7, 11) is 1.50. The zero-order chi connectivity index (χ0) is 14.1. The number of carbonyl (C=O) groups is 2. The summed E-state index contributed by atoms with van der Waals surface area (Å²) in [4.78, 5) is 21.9. The Morgan fingerprint density at radius 2 is 2.21 bits per heavy atom. The van der Waals surface area contributed by atoms with Crippen molar-refractivity contribution < 1.29 is 19.1 Å². The maximum Gasteiger partial charge on any atom is 0.220 e. The second kappa shape index (κ2) is 8.13. The summed E-state index contributed by atoms with van der Waals surface area (Å²) >= 11 is 0. The summed E-state index contributed by atoms with van der Waals surface area (Å²) in [6.45, 7) is 2.97. The molecule has 0 aliphatic carbocycles. The zero-order valence-electron chi connectivity index (χ0n) is 11.3. The highest BCUT2D eigenvalue weighted by Gasteiger charge is 2.04. The summed E-state index contributed by atoms with van der Waals surface area (Å²) in [6, 6.07) is 5.01. The Morgan fingerprint density at radius 1 is 1.42 bits per heavy atom. The van der Waals surface area contributed by atoms with Crippen LogP contribution in [0.3, 0.4) is 0 Å². The molecule has 0 saturated carbocycles. The molecule has 1 aromatic carbocycles. The van der Waals surface area contributed by atoms with E-state index in [1.165, 1.54) is 7.11 Å². The second-order valence-corrected chi connectivity index (χ2v) is 3.93. The first kappa shape index (κ1) is 15.0. The molecular weight excluding hydrogens is 246 g/mol. The number of benzene rings is 1. The number of carbonyl (C=O) groups excluding carboxylic acids is 2. The van der Waals surface area contributed by atoms with Gasteiger partial charge >= 0.3 is 0 Å². The van der Waals surface area contributed by atoms with Crippen LogP contribution in [0.25, 0.3) is 0 Å². The average molecular weight is 265 g/mol. The molecule has 0 atom stereocenters. The summed E-state index contributed by atoms with van der Waals surface area (Å²) in [5.41, 5.74) is 0.483. The minimum absolute atomic E-state index is 0.0278. The molecule has 0 aromatic heterocycles. The van der Waals surface area contributed by atoms with Crippen LogP contribution in [0.15, 0.2) is 18.2 Å². The standard InChI is InChI=1S/C14H19NO4/c1-3-15-14(17)5-4-8-19-12-7-6-11(10-16)13(9-12)18-2/h6-7,9-10H,3-5,8H2,1-2H3,(H,15,17). The number of ether oxygens (including phenoxy) is 2. The number of amides is 1. The predicted molar refractivity (Wildman–Crippen MR) is 71.8 cm³/mol. The van der Waals surface area contributed by atoms with E-state index in [9.17, 15) is 9.59 Å². The van der Waals surface area contributed by atoms with Gasteiger partial charge in [0.2, 0.25) is 5.91 Å². The largest absolute Gasteiger partial charge is 0.496 e. The van der Waals surface area contributed by atoms with E-state index < -0.39 is 0 Å². The van der Waals surface area contributed by atoms with E-state index in [0.717, 1.165) is 6.29 Å². The van der Waals surface area contributed by atoms with Crippen molar-refractivity contribution in [3.63, 3.8) is 0 Å². The van der Waals surface area contributed by atoms with Crippen LogP contribution in [-0.4, -0.2) is 32.5 Å². The van der Waals surface area contributed by atoms with Crippen LogP contribution in [0, 0.1) is 0 Å². The topological polar surface area (TPSA) is 64.6 Å². The molecule has 5 heteroatoms. The SMILES string of the molecule is CCNC(=O)CCCOc1ccc(C=O)c(OC)c1. The number of hydrogen-bond donors (Lipinski definition) is 1. The van der Waals surface area contributed by atoms with Gasteiger partial charge in [-0.05, 0) is 25.5 Å². The lowest BCUT2D eigenvalue weighted by atomic mass is 10.2. The Bertz CT molecular complexity index is 431. The van der Waals surface area contributed by atoms with E-state index in [0.29, 0.717) is 43.1 Å². The van der Waals surface area contributed by atoms with E-state index in [1.54, 1.807) is 18.2 Å². The van der Waals surface area contributed by atoms with Crippen LogP contribution in [0.4, 0.5) is 0 Å². The van der Waals surface area contributed by atoms with E-state index in [-0.39, 0.29) is 5.91 Å². The van der Waals surface area contributed by atoms with Gasteiger partial charge < -0.3 is 14.8 Å². The third kappa shape index (κ3) is 4.99. The molecule has 1 aromatic rings. The summed E-state index contributed by atoms with van der Waals surface area (Å²) in [6.07, 6.45) is 1.82. The first-order valence-corrected chi connectivity index (χ1v) is 6.24. The monoisotopic (exact) mass is 265 g/mol. The molecule has 0 fully saturated rings. The van der Waals surface area contributed by atoms with Crippen LogP contribution in [0.2, 0.25) is 0 Å². The molecule has 0 unspecified atom stereocenters. The van der Waals surface area contributed by atoms with Crippen molar-refractivity contribution in [2.75, 3.05) is 20.3 Å². The number of methoxy groups -OCH3 is 1. The lowest BCUT2D eigenvalue weighted by molar-refractivity contribution is -0.121. The van der Waals surface area contributed by atoms with Gasteiger partial charge in [0.05, 0.1) is 19.3 Å². The summed E-state index contributed by atoms with van der Waals surface area (Å²) in [5, 5.41) is 2.72. The average Bonchev–Trinajstić information content (AvgIpc) is 2.43. The molecule has 0 aliphatic rings. The molecule has 1 amide bonds. The summed E-state index contributed by atoms with van der Waals surface area (Å²) < 4.78 is 10.6. The van der Waals surface area contributed by atoms with E-state index >= 15 is 0 Å². The van der Waals surface area contributed by atoms with E-state index in [4.69, 9.17) is 9.47 Å². The quantitative estimate of drug-likeness (QED) is 0.575. The molecule has 0 spiro atoms. The highest BCUT2D eigenvalue weighted by molar-refractivity contribution is 5.79. The molecule has 5 nitrogen and oxygen atoms in total. The predicted octanol–water partition coefficient (Wildman–Crippen LogP) is 1.80. The minimum Gasteiger partial charge on any atom is -0.496 e. The molecule has 0 heterocycles. The van der Waals surface area contributed by atoms with Gasteiger partial charge in [-0.1, -0.05) is 0 Å². The van der Waals surface area contributed by atoms with Crippen LogP contribution in [0.1, 0.15) is 30.1 Å². The van der Waals surface area contributed by atoms with Gasteiger partial charge in [-0.2, -0.15) is 0 Å². The highest BCUT2D eigenvalue weighted by atomic mass is 16.5. The fraction of sp³-hybridized carbons (Fsp3) is 0.429. The molecule has 104 valence electrons. The van der Waals surface area contributed by atoms with Crippen molar-refractivity contribution in [1.82, 2.24) is 5.32 Å². The Hall–Kier alpha value is -2.04. The smallest absolute Gasteiger partial charge is 0.220 e. The molecular formula is C14H19NO4. The fourth-order valence-corrected chi connectivity index (χ4v) is 1.59. The van der Waals surface area contributed by atoms with Crippen LogP contribution in [-0.2, 0) is 4.79 Å². The van der Waals surface area contributed by atoms with Gasteiger partial charge in [0.1, 0.15) is 11.5 Å². The Kier molecular flexibility index (Phi) is 6.43. The molecule has 1 N–H and O–H groups in total. The van der Waals surface area contributed by atoms with Gasteiger partial charge in [-0.15, -0.1) is 0 Å². The van der Waals surface area contributed by atoms with Crippen LogP contribution in [0.5, 0.6) is 11.5 Å². The maximum absolute atomic E-state index is 11.2. The van der Waals surface area contributed by atoms with Crippen molar-refractivity contribution in [2.24, 2.45) is 0 Å². The molecule has 0 saturated heterocycles. The molecule has 1 rings (SSSR count). The highest BCUT2D eigenvalue weighted by Crippen LogP contribution is 2.23.